The lowest BCUT2D eigenvalue weighted by Gasteiger charge is -2.15. The Morgan fingerprint density at radius 1 is 1.11 bits per heavy atom. The van der Waals surface area contributed by atoms with E-state index in [2.05, 4.69) is 21.2 Å². The number of hydrazine groups is 1. The van der Waals surface area contributed by atoms with Gasteiger partial charge in [0.15, 0.2) is 0 Å². The van der Waals surface area contributed by atoms with Crippen LogP contribution < -0.4 is 14.9 Å². The van der Waals surface area contributed by atoms with Gasteiger partial charge in [-0.1, -0.05) is 17.4 Å². The summed E-state index contributed by atoms with van der Waals surface area (Å²) in [6.45, 7) is 2.15. The molecule has 0 spiro atoms. The number of methoxy groups -OCH3 is 1. The van der Waals surface area contributed by atoms with Crippen LogP contribution in [0.25, 0.3) is 0 Å². The Balaban J connectivity index is 1.55. The second kappa shape index (κ2) is 9.25. The molecule has 0 unspecified atom stereocenters. The predicted octanol–water partition coefficient (Wildman–Crippen LogP) is 5.23. The lowest BCUT2D eigenvalue weighted by Crippen LogP contribution is -2.20. The minimum atomic E-state index is 0.108. The van der Waals surface area contributed by atoms with Gasteiger partial charge in [-0.2, -0.15) is 0 Å². The monoisotopic (exact) mass is 384 g/mol. The number of anilines is 2. The molecule has 0 aliphatic heterocycles. The highest BCUT2D eigenvalue weighted by atomic mass is 32.2. The maximum atomic E-state index is 14.0. The molecular formula is C20H21FN4OS. The molecular weight excluding hydrogens is 363 g/mol. The van der Waals surface area contributed by atoms with E-state index < -0.39 is 0 Å². The molecule has 1 heterocycles. The quantitative estimate of drug-likeness (QED) is 0.315. The van der Waals surface area contributed by atoms with Crippen molar-refractivity contribution in [2.75, 3.05) is 17.3 Å². The van der Waals surface area contributed by atoms with Gasteiger partial charge in [0.05, 0.1) is 24.2 Å². The summed E-state index contributed by atoms with van der Waals surface area (Å²) in [5.74, 6) is 0.819. The smallest absolute Gasteiger partial charge is 0.134 e. The molecule has 0 aliphatic carbocycles. The van der Waals surface area contributed by atoms with Crippen LogP contribution in [0.15, 0.2) is 71.9 Å². The Kier molecular flexibility index (Phi) is 6.51. The summed E-state index contributed by atoms with van der Waals surface area (Å²) < 4.78 is 22.7. The molecule has 0 amide bonds. The summed E-state index contributed by atoms with van der Waals surface area (Å²) in [6.07, 6.45) is 3.30. The number of halogens is 1. The lowest BCUT2D eigenvalue weighted by atomic mass is 10.2. The molecule has 3 aromatic rings. The van der Waals surface area contributed by atoms with Crippen LogP contribution >= 0.6 is 11.9 Å². The van der Waals surface area contributed by atoms with Gasteiger partial charge in [0.25, 0.3) is 0 Å². The summed E-state index contributed by atoms with van der Waals surface area (Å²) >= 11 is 1.47. The third kappa shape index (κ3) is 5.60. The van der Waals surface area contributed by atoms with Crippen LogP contribution in [-0.4, -0.2) is 17.3 Å². The van der Waals surface area contributed by atoms with Crippen LogP contribution in [-0.2, 0) is 6.54 Å². The molecule has 0 radical (unpaired) electrons. The number of rotatable bonds is 8. The first-order valence-corrected chi connectivity index (χ1v) is 9.22. The van der Waals surface area contributed by atoms with Crippen molar-refractivity contribution in [1.29, 1.82) is 0 Å². The average Bonchev–Trinajstić information content (AvgIpc) is 2.68. The fraction of sp³-hybridized carbons (Fsp3) is 0.150. The first kappa shape index (κ1) is 19.0. The Bertz CT molecular complexity index is 862. The largest absolute Gasteiger partial charge is 0.496 e. The summed E-state index contributed by atoms with van der Waals surface area (Å²) in [4.78, 5) is 4.98. The van der Waals surface area contributed by atoms with E-state index in [9.17, 15) is 4.48 Å². The van der Waals surface area contributed by atoms with Crippen molar-refractivity contribution in [3.05, 3.63) is 78.1 Å². The number of aryl methyl sites for hydroxylation is 1. The van der Waals surface area contributed by atoms with E-state index in [-0.39, 0.29) is 6.54 Å². The molecule has 7 heteroatoms. The predicted molar refractivity (Wildman–Crippen MR) is 108 cm³/mol. The second-order valence-corrected chi connectivity index (χ2v) is 6.78. The van der Waals surface area contributed by atoms with Crippen molar-refractivity contribution < 1.29 is 9.22 Å². The van der Waals surface area contributed by atoms with E-state index in [1.54, 1.807) is 25.6 Å². The number of nitrogens with zero attached hydrogens (tertiary/aromatic N) is 2. The molecule has 3 rings (SSSR count). The number of pyridine rings is 1. The molecule has 27 heavy (non-hydrogen) atoms. The maximum Gasteiger partial charge on any atom is 0.134 e. The first-order valence-electron chi connectivity index (χ1n) is 8.40. The lowest BCUT2D eigenvalue weighted by molar-refractivity contribution is 0.0485. The Morgan fingerprint density at radius 3 is 2.59 bits per heavy atom. The zero-order chi connectivity index (χ0) is 19.1. The number of benzene rings is 2. The normalized spacial score (nSPS) is 10.7. The van der Waals surface area contributed by atoms with Gasteiger partial charge in [-0.05, 0) is 72.5 Å². The molecule has 0 saturated carbocycles. The molecule has 0 atom stereocenters. The molecule has 1 aromatic heterocycles. The Labute approximate surface area is 162 Å². The van der Waals surface area contributed by atoms with Crippen molar-refractivity contribution in [3.8, 4) is 5.75 Å². The minimum absolute atomic E-state index is 0.108. The van der Waals surface area contributed by atoms with Gasteiger partial charge in [0.1, 0.15) is 5.75 Å². The van der Waals surface area contributed by atoms with Crippen molar-refractivity contribution in [2.24, 2.45) is 0 Å². The van der Waals surface area contributed by atoms with Gasteiger partial charge in [0, 0.05) is 18.1 Å². The van der Waals surface area contributed by atoms with E-state index in [4.69, 9.17) is 4.74 Å². The van der Waals surface area contributed by atoms with Crippen LogP contribution in [0.3, 0.4) is 0 Å². The molecule has 2 N–H and O–H groups in total. The maximum absolute atomic E-state index is 14.0. The van der Waals surface area contributed by atoms with E-state index in [1.165, 1.54) is 11.9 Å². The van der Waals surface area contributed by atoms with E-state index in [0.717, 1.165) is 27.5 Å². The third-order valence-corrected chi connectivity index (χ3v) is 4.65. The topological polar surface area (TPSA) is 49.4 Å². The fourth-order valence-electron chi connectivity index (χ4n) is 2.42. The highest BCUT2D eigenvalue weighted by molar-refractivity contribution is 8.00. The molecule has 5 nitrogen and oxygen atoms in total. The number of ether oxygens (including phenoxy) is 1. The number of nitrogens with one attached hydrogen (secondary N) is 2. The number of aromatic nitrogens is 1. The SMILES string of the molecule is COc1ccc(C)cc1SNc1ccc(NN(F)Cc2cccnc2)cc1. The summed E-state index contributed by atoms with van der Waals surface area (Å²) in [6, 6.07) is 17.0. The number of hydrogen-bond acceptors (Lipinski definition) is 6. The van der Waals surface area contributed by atoms with Gasteiger partial charge in [-0.15, -0.1) is 4.48 Å². The Hall–Kier alpha value is -2.77. The highest BCUT2D eigenvalue weighted by Crippen LogP contribution is 2.31. The summed E-state index contributed by atoms with van der Waals surface area (Å²) in [5.41, 5.74) is 6.22. The van der Waals surface area contributed by atoms with Crippen molar-refractivity contribution in [3.63, 3.8) is 0 Å². The second-order valence-electron chi connectivity index (χ2n) is 5.93. The summed E-state index contributed by atoms with van der Waals surface area (Å²) in [5, 5.41) is 0.534. The van der Waals surface area contributed by atoms with Crippen LogP contribution in [0.1, 0.15) is 11.1 Å². The van der Waals surface area contributed by atoms with Gasteiger partial charge in [0.2, 0.25) is 0 Å². The number of hydrogen-bond donors (Lipinski definition) is 2. The molecule has 140 valence electrons. The molecule has 2 aromatic carbocycles. The highest BCUT2D eigenvalue weighted by Gasteiger charge is 2.06. The van der Waals surface area contributed by atoms with E-state index in [0.29, 0.717) is 10.9 Å². The van der Waals surface area contributed by atoms with Gasteiger partial charge >= 0.3 is 0 Å². The van der Waals surface area contributed by atoms with Crippen molar-refractivity contribution >= 4 is 23.3 Å². The van der Waals surface area contributed by atoms with Gasteiger partial charge in [-0.25, -0.2) is 0 Å². The zero-order valence-corrected chi connectivity index (χ0v) is 16.0. The minimum Gasteiger partial charge on any atom is -0.496 e. The van der Waals surface area contributed by atoms with Crippen molar-refractivity contribution in [2.45, 2.75) is 18.4 Å². The van der Waals surface area contributed by atoms with Gasteiger partial charge < -0.3 is 9.46 Å². The summed E-state index contributed by atoms with van der Waals surface area (Å²) in [7, 11) is 1.66. The third-order valence-electron chi connectivity index (χ3n) is 3.78. The van der Waals surface area contributed by atoms with E-state index >= 15 is 0 Å². The fourth-order valence-corrected chi connectivity index (χ4v) is 3.28. The standard InChI is InChI=1S/C20H21FN4OS/c1-15-5-10-19(26-2)20(12-15)27-24-18-8-6-17(7-9-18)23-25(21)14-16-4-3-11-22-13-16/h3-13,23-24H,14H2,1-2H3. The van der Waals surface area contributed by atoms with E-state index in [1.807, 2.05) is 49.4 Å². The first-order chi connectivity index (χ1) is 13.1. The van der Waals surface area contributed by atoms with Gasteiger partial charge in [-0.3, -0.25) is 10.4 Å². The molecule has 0 fully saturated rings. The van der Waals surface area contributed by atoms with Crippen LogP contribution in [0.4, 0.5) is 15.9 Å². The Morgan fingerprint density at radius 2 is 1.89 bits per heavy atom. The van der Waals surface area contributed by atoms with Crippen LogP contribution in [0.2, 0.25) is 0 Å². The zero-order valence-electron chi connectivity index (χ0n) is 15.1. The molecule has 0 saturated heterocycles. The molecule has 0 bridgehead atoms. The average molecular weight is 384 g/mol. The van der Waals surface area contributed by atoms with Crippen LogP contribution in [0, 0.1) is 6.92 Å². The molecule has 0 aliphatic rings. The van der Waals surface area contributed by atoms with Crippen LogP contribution in [0.5, 0.6) is 5.75 Å². The van der Waals surface area contributed by atoms with Crippen molar-refractivity contribution in [1.82, 2.24) is 10.2 Å².